The summed E-state index contributed by atoms with van der Waals surface area (Å²) in [5.74, 6) is -0.148. The van der Waals surface area contributed by atoms with Crippen LogP contribution >= 0.6 is 0 Å². The summed E-state index contributed by atoms with van der Waals surface area (Å²) in [6.45, 7) is 8.37. The summed E-state index contributed by atoms with van der Waals surface area (Å²) in [5.41, 5.74) is 0. The highest BCUT2D eigenvalue weighted by Gasteiger charge is 2.35. The van der Waals surface area contributed by atoms with Crippen LogP contribution in [0.25, 0.3) is 0 Å². The minimum Gasteiger partial charge on any atom is -0.465 e. The third-order valence-electron chi connectivity index (χ3n) is 3.41. The molecular weight excluding hydrogens is 280 g/mol. The maximum Gasteiger partial charge on any atom is 0.321 e. The maximum absolute atomic E-state index is 12.7. The SMILES string of the molecule is CCOC(=O)CN(C(C)C)S(=O)(=O)N1CCCC(C)C1. The molecule has 0 aliphatic carbocycles. The second kappa shape index (κ2) is 7.38. The molecule has 0 N–H and O–H groups in total. The van der Waals surface area contributed by atoms with E-state index in [0.29, 0.717) is 19.0 Å². The van der Waals surface area contributed by atoms with Gasteiger partial charge < -0.3 is 4.74 Å². The van der Waals surface area contributed by atoms with Gasteiger partial charge in [0.2, 0.25) is 0 Å². The topological polar surface area (TPSA) is 66.9 Å². The Hall–Kier alpha value is -0.660. The Morgan fingerprint density at radius 3 is 2.60 bits per heavy atom. The first-order valence-corrected chi connectivity index (χ1v) is 8.61. The largest absolute Gasteiger partial charge is 0.465 e. The second-order valence-corrected chi connectivity index (χ2v) is 7.44. The molecule has 1 saturated heterocycles. The highest BCUT2D eigenvalue weighted by atomic mass is 32.2. The van der Waals surface area contributed by atoms with Gasteiger partial charge in [-0.2, -0.15) is 17.0 Å². The van der Waals surface area contributed by atoms with Crippen molar-refractivity contribution in [2.45, 2.75) is 46.6 Å². The van der Waals surface area contributed by atoms with Gasteiger partial charge in [0.05, 0.1) is 6.61 Å². The number of ether oxygens (including phenoxy) is 1. The fourth-order valence-corrected chi connectivity index (χ4v) is 4.27. The molecule has 1 fully saturated rings. The molecule has 1 atom stereocenters. The Bertz CT molecular complexity index is 422. The number of hydrogen-bond donors (Lipinski definition) is 0. The molecule has 1 aliphatic heterocycles. The standard InChI is InChI=1S/C13H26N2O4S/c1-5-19-13(16)10-15(11(2)3)20(17,18)14-8-6-7-12(4)9-14/h11-12H,5-10H2,1-4H3. The Labute approximate surface area is 122 Å². The number of carbonyl (C=O) groups excluding carboxylic acids is 1. The van der Waals surface area contributed by atoms with E-state index in [4.69, 9.17) is 4.74 Å². The molecule has 0 spiro atoms. The number of carbonyl (C=O) groups is 1. The molecular formula is C13H26N2O4S. The first-order chi connectivity index (χ1) is 9.28. The van der Waals surface area contributed by atoms with Crippen molar-refractivity contribution in [2.24, 2.45) is 5.92 Å². The lowest BCUT2D eigenvalue weighted by molar-refractivity contribution is -0.143. The molecule has 7 heteroatoms. The van der Waals surface area contributed by atoms with Crippen molar-refractivity contribution in [3.05, 3.63) is 0 Å². The minimum atomic E-state index is -3.60. The number of nitrogens with zero attached hydrogens (tertiary/aromatic N) is 2. The number of esters is 1. The molecule has 1 heterocycles. The quantitative estimate of drug-likeness (QED) is 0.692. The summed E-state index contributed by atoms with van der Waals surface area (Å²) < 4.78 is 32.9. The fourth-order valence-electron chi connectivity index (χ4n) is 2.37. The summed E-state index contributed by atoms with van der Waals surface area (Å²) >= 11 is 0. The van der Waals surface area contributed by atoms with E-state index < -0.39 is 16.2 Å². The lowest BCUT2D eigenvalue weighted by Crippen LogP contribution is -2.51. The van der Waals surface area contributed by atoms with Gasteiger partial charge in [-0.25, -0.2) is 0 Å². The molecule has 6 nitrogen and oxygen atoms in total. The van der Waals surface area contributed by atoms with E-state index in [1.165, 1.54) is 8.61 Å². The van der Waals surface area contributed by atoms with Crippen LogP contribution in [0.3, 0.4) is 0 Å². The summed E-state index contributed by atoms with van der Waals surface area (Å²) in [7, 11) is -3.60. The molecule has 20 heavy (non-hydrogen) atoms. The maximum atomic E-state index is 12.7. The molecule has 0 bridgehead atoms. The zero-order valence-electron chi connectivity index (χ0n) is 12.8. The van der Waals surface area contributed by atoms with E-state index in [-0.39, 0.29) is 19.2 Å². The summed E-state index contributed by atoms with van der Waals surface area (Å²) in [6, 6.07) is -0.276. The third kappa shape index (κ3) is 4.43. The van der Waals surface area contributed by atoms with Crippen molar-refractivity contribution >= 4 is 16.2 Å². The van der Waals surface area contributed by atoms with Crippen LogP contribution in [-0.2, 0) is 19.7 Å². The van der Waals surface area contributed by atoms with Crippen LogP contribution in [0.15, 0.2) is 0 Å². The van der Waals surface area contributed by atoms with Crippen molar-refractivity contribution in [1.29, 1.82) is 0 Å². The molecule has 1 aliphatic rings. The first-order valence-electron chi connectivity index (χ1n) is 7.21. The van der Waals surface area contributed by atoms with E-state index in [0.717, 1.165) is 12.8 Å². The zero-order valence-corrected chi connectivity index (χ0v) is 13.6. The van der Waals surface area contributed by atoms with Crippen molar-refractivity contribution in [3.8, 4) is 0 Å². The average molecular weight is 306 g/mol. The second-order valence-electron chi connectivity index (χ2n) is 5.56. The summed E-state index contributed by atoms with van der Waals surface area (Å²) in [6.07, 6.45) is 1.91. The van der Waals surface area contributed by atoms with Crippen LogP contribution in [0.5, 0.6) is 0 Å². The Morgan fingerprint density at radius 1 is 1.45 bits per heavy atom. The van der Waals surface area contributed by atoms with Crippen LogP contribution in [0.2, 0.25) is 0 Å². The van der Waals surface area contributed by atoms with Gasteiger partial charge in [0.1, 0.15) is 6.54 Å². The monoisotopic (exact) mass is 306 g/mol. The predicted molar refractivity (Wildman–Crippen MR) is 77.4 cm³/mol. The van der Waals surface area contributed by atoms with E-state index in [1.54, 1.807) is 20.8 Å². The molecule has 118 valence electrons. The van der Waals surface area contributed by atoms with Crippen molar-refractivity contribution < 1.29 is 17.9 Å². The fraction of sp³-hybridized carbons (Fsp3) is 0.923. The van der Waals surface area contributed by atoms with Crippen molar-refractivity contribution in [1.82, 2.24) is 8.61 Å². The van der Waals surface area contributed by atoms with Gasteiger partial charge >= 0.3 is 5.97 Å². The first kappa shape index (κ1) is 17.4. The molecule has 0 saturated carbocycles. The normalized spacial score (nSPS) is 21.4. The van der Waals surface area contributed by atoms with E-state index in [2.05, 4.69) is 0 Å². The Kier molecular flexibility index (Phi) is 6.42. The van der Waals surface area contributed by atoms with Crippen molar-refractivity contribution in [2.75, 3.05) is 26.2 Å². The minimum absolute atomic E-state index is 0.223. The van der Waals surface area contributed by atoms with Crippen molar-refractivity contribution in [3.63, 3.8) is 0 Å². The van der Waals surface area contributed by atoms with Crippen LogP contribution in [0.4, 0.5) is 0 Å². The van der Waals surface area contributed by atoms with Gasteiger partial charge in [0.25, 0.3) is 10.2 Å². The predicted octanol–water partition coefficient (Wildman–Crippen LogP) is 1.24. The van der Waals surface area contributed by atoms with Crippen LogP contribution in [0.1, 0.15) is 40.5 Å². The zero-order chi connectivity index (χ0) is 15.3. The Morgan fingerprint density at radius 2 is 2.10 bits per heavy atom. The number of rotatable bonds is 6. The van der Waals surface area contributed by atoms with Crippen LogP contribution in [0, 0.1) is 5.92 Å². The third-order valence-corrected chi connectivity index (χ3v) is 5.54. The van der Waals surface area contributed by atoms with Gasteiger partial charge in [-0.05, 0) is 39.5 Å². The van der Waals surface area contributed by atoms with Gasteiger partial charge in [0, 0.05) is 19.1 Å². The molecule has 0 aromatic carbocycles. The highest BCUT2D eigenvalue weighted by molar-refractivity contribution is 7.86. The van der Waals surface area contributed by atoms with Gasteiger partial charge in [-0.15, -0.1) is 0 Å². The van der Waals surface area contributed by atoms with Crippen LogP contribution < -0.4 is 0 Å². The summed E-state index contributed by atoms with van der Waals surface area (Å²) in [5, 5.41) is 0. The van der Waals surface area contributed by atoms with Gasteiger partial charge in [-0.1, -0.05) is 6.92 Å². The molecule has 1 unspecified atom stereocenters. The lowest BCUT2D eigenvalue weighted by atomic mass is 10.0. The number of hydrogen-bond acceptors (Lipinski definition) is 4. The van der Waals surface area contributed by atoms with E-state index in [1.807, 2.05) is 6.92 Å². The van der Waals surface area contributed by atoms with Gasteiger partial charge in [0.15, 0.2) is 0 Å². The van der Waals surface area contributed by atoms with Gasteiger partial charge in [-0.3, -0.25) is 4.79 Å². The molecule has 0 amide bonds. The lowest BCUT2D eigenvalue weighted by Gasteiger charge is -2.35. The highest BCUT2D eigenvalue weighted by Crippen LogP contribution is 2.21. The van der Waals surface area contributed by atoms with E-state index >= 15 is 0 Å². The molecule has 1 rings (SSSR count). The molecule has 0 aromatic heterocycles. The van der Waals surface area contributed by atoms with E-state index in [9.17, 15) is 13.2 Å². The van der Waals surface area contributed by atoms with Crippen LogP contribution in [-0.4, -0.2) is 55.3 Å². The molecule has 0 aromatic rings. The molecule has 0 radical (unpaired) electrons. The smallest absolute Gasteiger partial charge is 0.321 e. The summed E-state index contributed by atoms with van der Waals surface area (Å²) in [4.78, 5) is 11.6. The Balaban J connectivity index is 2.85. The number of piperidine rings is 1. The average Bonchev–Trinajstić information content (AvgIpc) is 2.35.